The van der Waals surface area contributed by atoms with Crippen LogP contribution in [0.25, 0.3) is 0 Å². The van der Waals surface area contributed by atoms with E-state index in [-0.39, 0.29) is 24.6 Å². The highest BCUT2D eigenvalue weighted by Crippen LogP contribution is 2.23. The molecule has 1 aromatic rings. The molecule has 0 aliphatic carbocycles. The van der Waals surface area contributed by atoms with Crippen molar-refractivity contribution >= 4 is 27.5 Å². The molecule has 1 N–H and O–H groups in total. The van der Waals surface area contributed by atoms with Crippen molar-refractivity contribution in [2.75, 3.05) is 26.0 Å². The van der Waals surface area contributed by atoms with Crippen LogP contribution in [0.3, 0.4) is 0 Å². The van der Waals surface area contributed by atoms with Crippen LogP contribution in [-0.4, -0.2) is 31.4 Å². The van der Waals surface area contributed by atoms with Gasteiger partial charge in [-0.25, -0.2) is 8.78 Å². The highest BCUT2D eigenvalue weighted by Gasteiger charge is 2.11. The third kappa shape index (κ3) is 3.96. The molecule has 0 saturated heterocycles. The maximum atomic E-state index is 13.4. The summed E-state index contributed by atoms with van der Waals surface area (Å²) in [6.07, 6.45) is 0.182. The van der Waals surface area contributed by atoms with Crippen LogP contribution < -0.4 is 5.32 Å². The van der Waals surface area contributed by atoms with Gasteiger partial charge in [0.1, 0.15) is 17.3 Å². The van der Waals surface area contributed by atoms with E-state index in [1.165, 1.54) is 17.0 Å². The molecule has 0 heterocycles. The average Bonchev–Trinajstić information content (AvgIpc) is 2.21. The van der Waals surface area contributed by atoms with Gasteiger partial charge in [-0.15, -0.1) is 0 Å². The van der Waals surface area contributed by atoms with Crippen molar-refractivity contribution in [3.05, 3.63) is 28.2 Å². The standard InChI is InChI=1S/C11H13BrF2N2O/c1-16(2)10(17)3-4-15-11-8(13)5-7(12)6-9(11)14/h5-6,15H,3-4H2,1-2H3. The first kappa shape index (κ1) is 13.9. The molecule has 1 aromatic carbocycles. The molecule has 0 unspecified atom stereocenters. The Morgan fingerprint density at radius 1 is 1.35 bits per heavy atom. The lowest BCUT2D eigenvalue weighted by atomic mass is 10.2. The van der Waals surface area contributed by atoms with Gasteiger partial charge < -0.3 is 10.2 Å². The minimum Gasteiger partial charge on any atom is -0.380 e. The molecule has 94 valence electrons. The van der Waals surface area contributed by atoms with Crippen molar-refractivity contribution < 1.29 is 13.6 Å². The molecule has 0 saturated carbocycles. The third-order valence-electron chi connectivity index (χ3n) is 2.15. The molecule has 0 fully saturated rings. The number of anilines is 1. The van der Waals surface area contributed by atoms with E-state index < -0.39 is 11.6 Å². The highest BCUT2D eigenvalue weighted by molar-refractivity contribution is 9.10. The van der Waals surface area contributed by atoms with E-state index in [0.717, 1.165) is 0 Å². The predicted molar refractivity (Wildman–Crippen MR) is 65.9 cm³/mol. The molecule has 1 rings (SSSR count). The van der Waals surface area contributed by atoms with Gasteiger partial charge in [0.15, 0.2) is 0 Å². The molecule has 0 aromatic heterocycles. The second-order valence-electron chi connectivity index (χ2n) is 3.71. The summed E-state index contributed by atoms with van der Waals surface area (Å²) >= 11 is 2.99. The lowest BCUT2D eigenvalue weighted by molar-refractivity contribution is -0.128. The Hall–Kier alpha value is -1.17. The van der Waals surface area contributed by atoms with Crippen molar-refractivity contribution in [2.24, 2.45) is 0 Å². The molecular weight excluding hydrogens is 294 g/mol. The van der Waals surface area contributed by atoms with Crippen LogP contribution >= 0.6 is 15.9 Å². The maximum Gasteiger partial charge on any atom is 0.223 e. The molecule has 3 nitrogen and oxygen atoms in total. The summed E-state index contributed by atoms with van der Waals surface area (Å²) in [4.78, 5) is 12.7. The van der Waals surface area contributed by atoms with E-state index in [1.54, 1.807) is 14.1 Å². The van der Waals surface area contributed by atoms with Crippen LogP contribution in [0.4, 0.5) is 14.5 Å². The Labute approximate surface area is 107 Å². The topological polar surface area (TPSA) is 32.3 Å². The van der Waals surface area contributed by atoms with Crippen molar-refractivity contribution in [1.29, 1.82) is 0 Å². The van der Waals surface area contributed by atoms with E-state index in [1.807, 2.05) is 0 Å². The normalized spacial score (nSPS) is 10.2. The summed E-state index contributed by atoms with van der Waals surface area (Å²) in [5.41, 5.74) is -0.209. The van der Waals surface area contributed by atoms with E-state index in [0.29, 0.717) is 4.47 Å². The fraction of sp³-hybridized carbons (Fsp3) is 0.364. The van der Waals surface area contributed by atoms with Gasteiger partial charge in [0.25, 0.3) is 0 Å². The van der Waals surface area contributed by atoms with E-state index in [9.17, 15) is 13.6 Å². The van der Waals surface area contributed by atoms with Gasteiger partial charge in [-0.1, -0.05) is 15.9 Å². The average molecular weight is 307 g/mol. The molecule has 6 heteroatoms. The molecule has 0 aliphatic heterocycles. The summed E-state index contributed by atoms with van der Waals surface area (Å²) in [5.74, 6) is -1.47. The Bertz CT molecular complexity index is 401. The summed E-state index contributed by atoms with van der Waals surface area (Å²) < 4.78 is 27.1. The number of carbonyl (C=O) groups excluding carboxylic acids is 1. The van der Waals surface area contributed by atoms with Crippen LogP contribution in [0.2, 0.25) is 0 Å². The van der Waals surface area contributed by atoms with Crippen LogP contribution in [0.5, 0.6) is 0 Å². The lowest BCUT2D eigenvalue weighted by Gasteiger charge is -2.12. The summed E-state index contributed by atoms with van der Waals surface area (Å²) in [7, 11) is 3.26. The van der Waals surface area contributed by atoms with Gasteiger partial charge in [-0.2, -0.15) is 0 Å². The Morgan fingerprint density at radius 2 is 1.88 bits per heavy atom. The van der Waals surface area contributed by atoms with Crippen LogP contribution in [0.15, 0.2) is 16.6 Å². The van der Waals surface area contributed by atoms with Gasteiger partial charge in [0, 0.05) is 31.5 Å². The second-order valence-corrected chi connectivity index (χ2v) is 4.63. The smallest absolute Gasteiger partial charge is 0.223 e. The number of benzene rings is 1. The fourth-order valence-corrected chi connectivity index (χ4v) is 1.63. The highest BCUT2D eigenvalue weighted by atomic mass is 79.9. The first-order chi connectivity index (χ1) is 7.91. The quantitative estimate of drug-likeness (QED) is 0.927. The maximum absolute atomic E-state index is 13.4. The van der Waals surface area contributed by atoms with Crippen molar-refractivity contribution in [2.45, 2.75) is 6.42 Å². The number of halogens is 3. The van der Waals surface area contributed by atoms with E-state index in [4.69, 9.17) is 0 Å². The first-order valence-electron chi connectivity index (χ1n) is 5.00. The number of nitrogens with one attached hydrogen (secondary N) is 1. The van der Waals surface area contributed by atoms with Crippen LogP contribution in [0.1, 0.15) is 6.42 Å². The molecule has 0 bridgehead atoms. The Balaban J connectivity index is 2.61. The zero-order valence-corrected chi connectivity index (χ0v) is 11.1. The number of nitrogens with zero attached hydrogens (tertiary/aromatic N) is 1. The summed E-state index contributed by atoms with van der Waals surface area (Å²) in [5, 5.41) is 2.58. The molecule has 17 heavy (non-hydrogen) atoms. The SMILES string of the molecule is CN(C)C(=O)CCNc1c(F)cc(Br)cc1F. The predicted octanol–water partition coefficient (Wildman–Crippen LogP) is 2.62. The number of hydrogen-bond acceptors (Lipinski definition) is 2. The molecule has 0 radical (unpaired) electrons. The van der Waals surface area contributed by atoms with E-state index in [2.05, 4.69) is 21.2 Å². The van der Waals surface area contributed by atoms with Crippen molar-refractivity contribution in [3.8, 4) is 0 Å². The zero-order chi connectivity index (χ0) is 13.0. The van der Waals surface area contributed by atoms with Crippen LogP contribution in [-0.2, 0) is 4.79 Å². The Kier molecular flexibility index (Phi) is 4.86. The van der Waals surface area contributed by atoms with Gasteiger partial charge in [0.2, 0.25) is 5.91 Å². The van der Waals surface area contributed by atoms with Crippen molar-refractivity contribution in [3.63, 3.8) is 0 Å². The summed E-state index contributed by atoms with van der Waals surface area (Å²) in [6, 6.07) is 2.33. The van der Waals surface area contributed by atoms with Gasteiger partial charge in [-0.05, 0) is 12.1 Å². The third-order valence-corrected chi connectivity index (χ3v) is 2.60. The lowest BCUT2D eigenvalue weighted by Crippen LogP contribution is -2.24. The van der Waals surface area contributed by atoms with Gasteiger partial charge in [-0.3, -0.25) is 4.79 Å². The molecule has 0 aliphatic rings. The van der Waals surface area contributed by atoms with Gasteiger partial charge >= 0.3 is 0 Å². The number of carbonyl (C=O) groups is 1. The zero-order valence-electron chi connectivity index (χ0n) is 9.56. The monoisotopic (exact) mass is 306 g/mol. The van der Waals surface area contributed by atoms with Crippen LogP contribution in [0, 0.1) is 11.6 Å². The van der Waals surface area contributed by atoms with Gasteiger partial charge in [0.05, 0.1) is 0 Å². The summed E-state index contributed by atoms with van der Waals surface area (Å²) in [6.45, 7) is 0.187. The first-order valence-corrected chi connectivity index (χ1v) is 5.79. The minimum absolute atomic E-state index is 0.101. The molecule has 1 amide bonds. The molecular formula is C11H13BrF2N2O. The second kappa shape index (κ2) is 5.95. The largest absolute Gasteiger partial charge is 0.380 e. The minimum atomic E-state index is -0.686. The van der Waals surface area contributed by atoms with E-state index >= 15 is 0 Å². The number of hydrogen-bond donors (Lipinski definition) is 1. The van der Waals surface area contributed by atoms with Crippen molar-refractivity contribution in [1.82, 2.24) is 4.90 Å². The number of amides is 1. The Morgan fingerprint density at radius 3 is 2.35 bits per heavy atom. The molecule has 0 atom stereocenters. The fourth-order valence-electron chi connectivity index (χ4n) is 1.23. The number of rotatable bonds is 4. The molecule has 0 spiro atoms.